The number of hydrogen-bond acceptors (Lipinski definition) is 5. The van der Waals surface area contributed by atoms with E-state index < -0.39 is 0 Å². The summed E-state index contributed by atoms with van der Waals surface area (Å²) in [5.41, 5.74) is 7.09. The average Bonchev–Trinajstić information content (AvgIpc) is 2.92. The molecule has 0 radical (unpaired) electrons. The summed E-state index contributed by atoms with van der Waals surface area (Å²) in [6.07, 6.45) is 1.86. The molecule has 6 heteroatoms. The molecule has 0 fully saturated rings. The lowest BCUT2D eigenvalue weighted by molar-refractivity contribution is 0.0953. The Labute approximate surface area is 104 Å². The predicted molar refractivity (Wildman–Crippen MR) is 64.7 cm³/mol. The summed E-state index contributed by atoms with van der Waals surface area (Å²) in [7, 11) is 0. The Balaban J connectivity index is 1.83. The van der Waals surface area contributed by atoms with Crippen molar-refractivity contribution in [3.63, 3.8) is 0 Å². The SMILES string of the molecule is NCc1ccc(C(=O)NCCc2ncno2)cc1. The van der Waals surface area contributed by atoms with Crippen molar-refractivity contribution in [1.82, 2.24) is 15.5 Å². The van der Waals surface area contributed by atoms with E-state index in [2.05, 4.69) is 15.5 Å². The first-order valence-corrected chi connectivity index (χ1v) is 5.62. The molecule has 2 rings (SSSR count). The maximum absolute atomic E-state index is 11.8. The Morgan fingerprint density at radius 1 is 1.33 bits per heavy atom. The summed E-state index contributed by atoms with van der Waals surface area (Å²) in [5.74, 6) is 0.381. The van der Waals surface area contributed by atoms with Crippen molar-refractivity contribution in [1.29, 1.82) is 0 Å². The highest BCUT2D eigenvalue weighted by atomic mass is 16.5. The molecule has 0 aliphatic carbocycles. The normalized spacial score (nSPS) is 10.3. The lowest BCUT2D eigenvalue weighted by atomic mass is 10.1. The van der Waals surface area contributed by atoms with Crippen molar-refractivity contribution in [2.45, 2.75) is 13.0 Å². The van der Waals surface area contributed by atoms with Crippen molar-refractivity contribution in [2.24, 2.45) is 5.73 Å². The fraction of sp³-hybridized carbons (Fsp3) is 0.250. The molecule has 0 saturated carbocycles. The Hall–Kier alpha value is -2.21. The number of nitrogens with two attached hydrogens (primary N) is 1. The summed E-state index contributed by atoms with van der Waals surface area (Å²) >= 11 is 0. The molecule has 2 aromatic rings. The number of aromatic nitrogens is 2. The van der Waals surface area contributed by atoms with Gasteiger partial charge in [0.15, 0.2) is 6.33 Å². The minimum absolute atomic E-state index is 0.127. The van der Waals surface area contributed by atoms with E-state index in [0.29, 0.717) is 31.0 Å². The Morgan fingerprint density at radius 2 is 2.11 bits per heavy atom. The van der Waals surface area contributed by atoms with Gasteiger partial charge >= 0.3 is 0 Å². The van der Waals surface area contributed by atoms with Gasteiger partial charge in [0.25, 0.3) is 5.91 Å². The van der Waals surface area contributed by atoms with Crippen LogP contribution in [0.5, 0.6) is 0 Å². The minimum Gasteiger partial charge on any atom is -0.352 e. The molecule has 3 N–H and O–H groups in total. The van der Waals surface area contributed by atoms with Gasteiger partial charge in [0.1, 0.15) is 0 Å². The van der Waals surface area contributed by atoms with Crippen LogP contribution in [-0.2, 0) is 13.0 Å². The second-order valence-corrected chi connectivity index (χ2v) is 3.74. The maximum Gasteiger partial charge on any atom is 0.251 e. The van der Waals surface area contributed by atoms with Crippen molar-refractivity contribution in [2.75, 3.05) is 6.54 Å². The molecule has 1 heterocycles. The lowest BCUT2D eigenvalue weighted by Crippen LogP contribution is -2.25. The van der Waals surface area contributed by atoms with Crippen LogP contribution in [0.2, 0.25) is 0 Å². The van der Waals surface area contributed by atoms with Crippen LogP contribution in [0.3, 0.4) is 0 Å². The van der Waals surface area contributed by atoms with E-state index in [1.54, 1.807) is 12.1 Å². The number of benzene rings is 1. The third-order valence-electron chi connectivity index (χ3n) is 2.48. The summed E-state index contributed by atoms with van der Waals surface area (Å²) < 4.78 is 4.82. The molecule has 0 aliphatic rings. The fourth-order valence-electron chi connectivity index (χ4n) is 1.48. The Bertz CT molecular complexity index is 493. The topological polar surface area (TPSA) is 94.0 Å². The molecule has 0 aliphatic heterocycles. The van der Waals surface area contributed by atoms with E-state index in [-0.39, 0.29) is 5.91 Å². The molecule has 0 bridgehead atoms. The first-order valence-electron chi connectivity index (χ1n) is 5.62. The number of rotatable bonds is 5. The van der Waals surface area contributed by atoms with E-state index >= 15 is 0 Å². The largest absolute Gasteiger partial charge is 0.352 e. The summed E-state index contributed by atoms with van der Waals surface area (Å²) in [6.45, 7) is 0.929. The van der Waals surface area contributed by atoms with Gasteiger partial charge in [-0.15, -0.1) is 0 Å². The maximum atomic E-state index is 11.8. The standard InChI is InChI=1S/C12H14N4O2/c13-7-9-1-3-10(4-2-9)12(17)14-6-5-11-15-8-16-18-11/h1-4,8H,5-7,13H2,(H,14,17). The van der Waals surface area contributed by atoms with Gasteiger partial charge in [-0.3, -0.25) is 4.79 Å². The van der Waals surface area contributed by atoms with E-state index in [1.807, 2.05) is 12.1 Å². The molecule has 6 nitrogen and oxygen atoms in total. The molecule has 0 unspecified atom stereocenters. The zero-order chi connectivity index (χ0) is 12.8. The van der Waals surface area contributed by atoms with Gasteiger partial charge in [0.2, 0.25) is 5.89 Å². The summed E-state index contributed by atoms with van der Waals surface area (Å²) in [6, 6.07) is 7.19. The molecule has 1 aromatic heterocycles. The van der Waals surface area contributed by atoms with Gasteiger partial charge in [0.05, 0.1) is 0 Å². The first-order chi connectivity index (χ1) is 8.79. The molecule has 0 atom stereocenters. The molecule has 0 saturated heterocycles. The second-order valence-electron chi connectivity index (χ2n) is 3.74. The van der Waals surface area contributed by atoms with Crippen LogP contribution >= 0.6 is 0 Å². The van der Waals surface area contributed by atoms with Crippen LogP contribution < -0.4 is 11.1 Å². The second kappa shape index (κ2) is 5.92. The number of carbonyl (C=O) groups excluding carboxylic acids is 1. The van der Waals surface area contributed by atoms with E-state index in [4.69, 9.17) is 10.3 Å². The van der Waals surface area contributed by atoms with Crippen LogP contribution in [0, 0.1) is 0 Å². The molecule has 1 aromatic carbocycles. The number of hydrogen-bond donors (Lipinski definition) is 2. The number of carbonyl (C=O) groups is 1. The number of amides is 1. The highest BCUT2D eigenvalue weighted by molar-refractivity contribution is 5.94. The van der Waals surface area contributed by atoms with Gasteiger partial charge in [-0.05, 0) is 17.7 Å². The summed E-state index contributed by atoms with van der Waals surface area (Å²) in [4.78, 5) is 15.6. The number of nitrogens with zero attached hydrogens (tertiary/aromatic N) is 2. The van der Waals surface area contributed by atoms with Crippen LogP contribution in [0.25, 0.3) is 0 Å². The fourth-order valence-corrected chi connectivity index (χ4v) is 1.48. The Morgan fingerprint density at radius 3 is 2.72 bits per heavy atom. The van der Waals surface area contributed by atoms with Crippen LogP contribution in [-0.4, -0.2) is 22.6 Å². The minimum atomic E-state index is -0.127. The highest BCUT2D eigenvalue weighted by Crippen LogP contribution is 2.03. The van der Waals surface area contributed by atoms with Crippen LogP contribution in [0.1, 0.15) is 21.8 Å². The zero-order valence-electron chi connectivity index (χ0n) is 9.80. The average molecular weight is 246 g/mol. The van der Waals surface area contributed by atoms with Gasteiger partial charge in [0, 0.05) is 25.1 Å². The zero-order valence-corrected chi connectivity index (χ0v) is 9.80. The smallest absolute Gasteiger partial charge is 0.251 e. The van der Waals surface area contributed by atoms with E-state index in [9.17, 15) is 4.79 Å². The van der Waals surface area contributed by atoms with Crippen molar-refractivity contribution < 1.29 is 9.32 Å². The van der Waals surface area contributed by atoms with Gasteiger partial charge in [-0.2, -0.15) is 4.98 Å². The Kier molecular flexibility index (Phi) is 4.03. The first kappa shape index (κ1) is 12.3. The highest BCUT2D eigenvalue weighted by Gasteiger charge is 2.05. The molecule has 0 spiro atoms. The van der Waals surface area contributed by atoms with Crippen LogP contribution in [0.4, 0.5) is 0 Å². The quantitative estimate of drug-likeness (QED) is 0.801. The molecule has 18 heavy (non-hydrogen) atoms. The van der Waals surface area contributed by atoms with Crippen molar-refractivity contribution in [3.8, 4) is 0 Å². The molecular weight excluding hydrogens is 232 g/mol. The lowest BCUT2D eigenvalue weighted by Gasteiger charge is -2.04. The molecular formula is C12H14N4O2. The summed E-state index contributed by atoms with van der Waals surface area (Å²) in [5, 5.41) is 6.26. The van der Waals surface area contributed by atoms with Crippen LogP contribution in [0.15, 0.2) is 35.1 Å². The third kappa shape index (κ3) is 3.14. The molecule has 94 valence electrons. The van der Waals surface area contributed by atoms with E-state index in [0.717, 1.165) is 5.56 Å². The van der Waals surface area contributed by atoms with Gasteiger partial charge in [-0.25, -0.2) is 0 Å². The van der Waals surface area contributed by atoms with Gasteiger partial charge in [-0.1, -0.05) is 17.3 Å². The third-order valence-corrected chi connectivity index (χ3v) is 2.48. The van der Waals surface area contributed by atoms with E-state index in [1.165, 1.54) is 6.33 Å². The molecule has 1 amide bonds. The predicted octanol–water partition coefficient (Wildman–Crippen LogP) is 0.501. The number of nitrogens with one attached hydrogen (secondary N) is 1. The van der Waals surface area contributed by atoms with Crippen molar-refractivity contribution >= 4 is 5.91 Å². The van der Waals surface area contributed by atoms with Gasteiger partial charge < -0.3 is 15.6 Å². The monoisotopic (exact) mass is 246 g/mol. The van der Waals surface area contributed by atoms with Crippen molar-refractivity contribution in [3.05, 3.63) is 47.6 Å².